The van der Waals surface area contributed by atoms with E-state index in [0.29, 0.717) is 6.54 Å². The topological polar surface area (TPSA) is 46.9 Å². The first kappa shape index (κ1) is 13.3. The summed E-state index contributed by atoms with van der Waals surface area (Å²) in [4.78, 5) is 16.4. The van der Waals surface area contributed by atoms with Crippen molar-refractivity contribution in [3.05, 3.63) is 42.2 Å². The van der Waals surface area contributed by atoms with E-state index in [0.717, 1.165) is 11.0 Å². The Morgan fingerprint density at radius 1 is 1.47 bits per heavy atom. The highest BCUT2D eigenvalue weighted by Crippen LogP contribution is 2.21. The quantitative estimate of drug-likeness (QED) is 0.855. The Kier molecular flexibility index (Phi) is 3.69. The number of aryl methyl sites for hydroxylation is 2. The molecule has 2 rings (SSSR count). The number of imidazole rings is 1. The van der Waals surface area contributed by atoms with Crippen molar-refractivity contribution >= 4 is 16.9 Å². The lowest BCUT2D eigenvalue weighted by Gasteiger charge is -2.14. The van der Waals surface area contributed by atoms with Gasteiger partial charge in [-0.05, 0) is 44.0 Å². The predicted octanol–water partition coefficient (Wildman–Crippen LogP) is 2.52. The van der Waals surface area contributed by atoms with Crippen LogP contribution in [0.4, 0.5) is 0 Å². The standard InChI is InChI=1S/C15H19N3O/c1-5-6-16-15(19)12(4)18-9-17-13-7-10(2)11(3)8-14(13)18/h5,7-9,12H,1,6H2,2-4H3,(H,16,19). The van der Waals surface area contributed by atoms with Gasteiger partial charge in [0.1, 0.15) is 6.04 Å². The Hall–Kier alpha value is -2.10. The van der Waals surface area contributed by atoms with E-state index in [9.17, 15) is 4.79 Å². The minimum Gasteiger partial charge on any atom is -0.351 e. The third-order valence-electron chi connectivity index (χ3n) is 3.41. The molecule has 0 fully saturated rings. The number of amides is 1. The first-order valence-corrected chi connectivity index (χ1v) is 6.37. The van der Waals surface area contributed by atoms with Crippen molar-refractivity contribution in [2.45, 2.75) is 26.8 Å². The largest absolute Gasteiger partial charge is 0.351 e. The van der Waals surface area contributed by atoms with Gasteiger partial charge in [0.2, 0.25) is 5.91 Å². The molecule has 0 saturated carbocycles. The molecule has 1 N–H and O–H groups in total. The SMILES string of the molecule is C=CCNC(=O)C(C)n1cnc2cc(C)c(C)cc21. The van der Waals surface area contributed by atoms with E-state index in [1.165, 1.54) is 11.1 Å². The molecule has 4 heteroatoms. The van der Waals surface area contributed by atoms with Gasteiger partial charge in [0.15, 0.2) is 0 Å². The second-order valence-corrected chi connectivity index (χ2v) is 4.79. The van der Waals surface area contributed by atoms with Gasteiger partial charge in [-0.1, -0.05) is 6.08 Å². The van der Waals surface area contributed by atoms with E-state index in [4.69, 9.17) is 0 Å². The maximum absolute atomic E-state index is 12.0. The van der Waals surface area contributed by atoms with Crippen LogP contribution in [0.2, 0.25) is 0 Å². The van der Waals surface area contributed by atoms with E-state index in [1.807, 2.05) is 11.5 Å². The van der Waals surface area contributed by atoms with Crippen molar-refractivity contribution in [3.63, 3.8) is 0 Å². The molecule has 0 bridgehead atoms. The molecule has 100 valence electrons. The fourth-order valence-electron chi connectivity index (χ4n) is 2.04. The number of carbonyl (C=O) groups excluding carboxylic acids is 1. The van der Waals surface area contributed by atoms with Gasteiger partial charge >= 0.3 is 0 Å². The van der Waals surface area contributed by atoms with E-state index >= 15 is 0 Å². The lowest BCUT2D eigenvalue weighted by molar-refractivity contribution is -0.123. The number of nitrogens with zero attached hydrogens (tertiary/aromatic N) is 2. The van der Waals surface area contributed by atoms with Gasteiger partial charge in [0.25, 0.3) is 0 Å². The van der Waals surface area contributed by atoms with Crippen LogP contribution in [0, 0.1) is 13.8 Å². The van der Waals surface area contributed by atoms with Crippen molar-refractivity contribution in [1.29, 1.82) is 0 Å². The van der Waals surface area contributed by atoms with Gasteiger partial charge in [-0.25, -0.2) is 4.98 Å². The molecule has 1 aromatic carbocycles. The summed E-state index contributed by atoms with van der Waals surface area (Å²) >= 11 is 0. The highest BCUT2D eigenvalue weighted by Gasteiger charge is 2.16. The molecule has 0 aliphatic rings. The zero-order valence-electron chi connectivity index (χ0n) is 11.6. The number of nitrogens with one attached hydrogen (secondary N) is 1. The second-order valence-electron chi connectivity index (χ2n) is 4.79. The van der Waals surface area contributed by atoms with Gasteiger partial charge < -0.3 is 9.88 Å². The molecule has 1 amide bonds. The zero-order chi connectivity index (χ0) is 14.0. The van der Waals surface area contributed by atoms with Crippen molar-refractivity contribution < 1.29 is 4.79 Å². The maximum Gasteiger partial charge on any atom is 0.243 e. The molecule has 4 nitrogen and oxygen atoms in total. The Balaban J connectivity index is 2.37. The molecule has 0 radical (unpaired) electrons. The molecule has 19 heavy (non-hydrogen) atoms. The summed E-state index contributed by atoms with van der Waals surface area (Å²) < 4.78 is 1.90. The molecule has 0 aliphatic heterocycles. The molecular weight excluding hydrogens is 238 g/mol. The van der Waals surface area contributed by atoms with E-state index in [2.05, 4.69) is 42.9 Å². The molecule has 0 saturated heterocycles. The number of hydrogen-bond acceptors (Lipinski definition) is 2. The van der Waals surface area contributed by atoms with Crippen LogP contribution in [-0.2, 0) is 4.79 Å². The average molecular weight is 257 g/mol. The van der Waals surface area contributed by atoms with Crippen molar-refractivity contribution in [3.8, 4) is 0 Å². The summed E-state index contributed by atoms with van der Waals surface area (Å²) in [6.45, 7) is 10.1. The van der Waals surface area contributed by atoms with Crippen LogP contribution >= 0.6 is 0 Å². The smallest absolute Gasteiger partial charge is 0.243 e. The number of rotatable bonds is 4. The first-order valence-electron chi connectivity index (χ1n) is 6.37. The number of fused-ring (bicyclic) bond motifs is 1. The number of hydrogen-bond donors (Lipinski definition) is 1. The monoisotopic (exact) mass is 257 g/mol. The van der Waals surface area contributed by atoms with Gasteiger partial charge in [0, 0.05) is 6.54 Å². The first-order chi connectivity index (χ1) is 9.04. The van der Waals surface area contributed by atoms with Crippen LogP contribution in [0.1, 0.15) is 24.1 Å². The van der Waals surface area contributed by atoms with Crippen LogP contribution in [0.15, 0.2) is 31.1 Å². The number of benzene rings is 1. The van der Waals surface area contributed by atoms with E-state index in [1.54, 1.807) is 12.4 Å². The maximum atomic E-state index is 12.0. The minimum atomic E-state index is -0.285. The van der Waals surface area contributed by atoms with E-state index in [-0.39, 0.29) is 11.9 Å². The van der Waals surface area contributed by atoms with Crippen LogP contribution in [0.3, 0.4) is 0 Å². The fourth-order valence-corrected chi connectivity index (χ4v) is 2.04. The van der Waals surface area contributed by atoms with Crippen LogP contribution in [0.25, 0.3) is 11.0 Å². The lowest BCUT2D eigenvalue weighted by Crippen LogP contribution is -2.30. The molecular formula is C15H19N3O. The van der Waals surface area contributed by atoms with Crippen LogP contribution in [0.5, 0.6) is 0 Å². The summed E-state index contributed by atoms with van der Waals surface area (Å²) in [6.07, 6.45) is 3.39. The summed E-state index contributed by atoms with van der Waals surface area (Å²) in [5, 5.41) is 2.81. The van der Waals surface area contributed by atoms with Crippen LogP contribution < -0.4 is 5.32 Å². The average Bonchev–Trinajstić information content (AvgIpc) is 2.78. The summed E-state index contributed by atoms with van der Waals surface area (Å²) in [5.41, 5.74) is 4.32. The van der Waals surface area contributed by atoms with Gasteiger partial charge in [-0.15, -0.1) is 6.58 Å². The summed E-state index contributed by atoms with van der Waals surface area (Å²) in [7, 11) is 0. The second kappa shape index (κ2) is 5.26. The molecule has 1 unspecified atom stereocenters. The van der Waals surface area contributed by atoms with Gasteiger partial charge in [-0.3, -0.25) is 4.79 Å². The molecule has 0 aliphatic carbocycles. The third-order valence-corrected chi connectivity index (χ3v) is 3.41. The Labute approximate surface area is 113 Å². The Bertz CT molecular complexity index is 628. The normalized spacial score (nSPS) is 12.4. The summed E-state index contributed by atoms with van der Waals surface area (Å²) in [6, 6.07) is 3.84. The minimum absolute atomic E-state index is 0.0302. The molecule has 1 aromatic heterocycles. The van der Waals surface area contributed by atoms with Crippen LogP contribution in [-0.4, -0.2) is 22.0 Å². The lowest BCUT2D eigenvalue weighted by atomic mass is 10.1. The predicted molar refractivity (Wildman–Crippen MR) is 77.1 cm³/mol. The highest BCUT2D eigenvalue weighted by atomic mass is 16.2. The number of carbonyl (C=O) groups is 1. The van der Waals surface area contributed by atoms with Crippen molar-refractivity contribution in [2.75, 3.05) is 6.54 Å². The molecule has 2 aromatic rings. The van der Waals surface area contributed by atoms with Gasteiger partial charge in [-0.2, -0.15) is 0 Å². The van der Waals surface area contributed by atoms with Crippen molar-refractivity contribution in [1.82, 2.24) is 14.9 Å². The zero-order valence-corrected chi connectivity index (χ0v) is 11.6. The Morgan fingerprint density at radius 3 is 2.84 bits per heavy atom. The number of aromatic nitrogens is 2. The third kappa shape index (κ3) is 2.52. The highest BCUT2D eigenvalue weighted by molar-refractivity contribution is 5.84. The van der Waals surface area contributed by atoms with E-state index < -0.39 is 0 Å². The van der Waals surface area contributed by atoms with Crippen molar-refractivity contribution in [2.24, 2.45) is 0 Å². The Morgan fingerprint density at radius 2 is 2.16 bits per heavy atom. The molecule has 0 spiro atoms. The fraction of sp³-hybridized carbons (Fsp3) is 0.333. The molecule has 1 heterocycles. The summed E-state index contributed by atoms with van der Waals surface area (Å²) in [5.74, 6) is -0.0302. The van der Waals surface area contributed by atoms with Gasteiger partial charge in [0.05, 0.1) is 17.4 Å². The molecule has 1 atom stereocenters.